The molecule has 0 saturated heterocycles. The predicted octanol–water partition coefficient (Wildman–Crippen LogP) is 33.6. The monoisotopic (exact) mass is 1750 g/mol. The van der Waals surface area contributed by atoms with Crippen molar-refractivity contribution in [2.45, 2.75) is 0 Å². The summed E-state index contributed by atoms with van der Waals surface area (Å²) in [7, 11) is 0. The fourth-order valence-corrected chi connectivity index (χ4v) is 22.6. The third kappa shape index (κ3) is 11.9. The van der Waals surface area contributed by atoms with Crippen LogP contribution in [0.15, 0.2) is 438 Å². The van der Waals surface area contributed by atoms with Gasteiger partial charge < -0.3 is 22.4 Å². The molecule has 0 bridgehead atoms. The Hall–Kier alpha value is -18.1. The number of benzene rings is 21. The Bertz CT molecular complexity index is 10100. The first-order valence-electron chi connectivity index (χ1n) is 45.8. The highest BCUT2D eigenvalue weighted by molar-refractivity contribution is 7.26. The number of hydrogen-bond donors (Lipinski definition) is 0. The standard InChI is InChI=1S/C124H70N8O3S/c1-5-24-71(25-6-1)72-46-48-77(49-47-72)120-125-121(129-122(127-120)93-40-22-43-108-114(93)101-67-96(73-26-7-2-8-27-73)105(69-111(101)134-108)131-103-64-80-35-15-13-33-78(80)61-98(103)90-57-50-75-30-17-18-37-86(75)116(90)131)85-54-59-107-100(63-85)88-56-52-83(66-110(88)133-107)82-51-55-87-84(60-82)53-58-91-99-62-79-34-14-16-36-81(79)65-104(99)132(117(87)91)106-70-112-102(68-97(106)74-28-9-3-10-29-74)115-94(41-23-44-109(115)135-112)123-126-119(76-31-11-4-12-32-76)128-124(130-123)95-42-21-39-92-89-38-19-20-45-113(89)136-118(92)95/h1-70H. The van der Waals surface area contributed by atoms with Crippen LogP contribution in [0.4, 0.5) is 0 Å². The summed E-state index contributed by atoms with van der Waals surface area (Å²) < 4.78 is 28.6. The molecule has 29 aromatic rings. The summed E-state index contributed by atoms with van der Waals surface area (Å²) in [5.74, 6) is 3.32. The highest BCUT2D eigenvalue weighted by Crippen LogP contribution is 2.51. The molecule has 21 aromatic carbocycles. The summed E-state index contributed by atoms with van der Waals surface area (Å²) >= 11 is 1.77. The summed E-state index contributed by atoms with van der Waals surface area (Å²) in [6.07, 6.45) is 0. The van der Waals surface area contributed by atoms with Crippen molar-refractivity contribution in [1.82, 2.24) is 39.0 Å². The van der Waals surface area contributed by atoms with Gasteiger partial charge in [0.25, 0.3) is 0 Å². The SMILES string of the molecule is c1ccc(-c2ccc(-c3nc(-c4ccc5oc6cc(-c7ccc8c(ccc9c%10cc%11ccccc%11cc%10n(-c%10cc%11oc%12cccc(-c%13nc(-c%14ccccc%14)nc(-c%14cccc%15c%14sc%14ccccc%14%15)n%13)c%12c%11cc%10-c%10ccccc%10)c89)c7)ccc6c5c4)nc(-c4cccc5oc6cc(-n7c8cc9ccccc9cc8c8ccc9ccccc9c87)c(-c7ccccc7)cc6c45)n3)cc2)cc1. The Balaban J connectivity index is 0.563. The van der Waals surface area contributed by atoms with Crippen molar-refractivity contribution in [1.29, 1.82) is 0 Å². The van der Waals surface area contributed by atoms with Gasteiger partial charge >= 0.3 is 0 Å². The van der Waals surface area contributed by atoms with Crippen LogP contribution in [0.1, 0.15) is 0 Å². The van der Waals surface area contributed by atoms with Crippen LogP contribution in [0.2, 0.25) is 0 Å². The third-order valence-electron chi connectivity index (χ3n) is 27.8. The van der Waals surface area contributed by atoms with Gasteiger partial charge in [0, 0.05) is 141 Å². The maximum absolute atomic E-state index is 7.21. The molecule has 0 unspecified atom stereocenters. The van der Waals surface area contributed by atoms with Gasteiger partial charge in [-0.15, -0.1) is 11.3 Å². The molecule has 0 saturated carbocycles. The van der Waals surface area contributed by atoms with Crippen molar-refractivity contribution in [3.8, 4) is 124 Å². The van der Waals surface area contributed by atoms with Crippen LogP contribution in [-0.2, 0) is 0 Å². The van der Waals surface area contributed by atoms with Crippen LogP contribution in [0, 0.1) is 0 Å². The molecule has 136 heavy (non-hydrogen) atoms. The van der Waals surface area contributed by atoms with Gasteiger partial charge in [-0.2, -0.15) is 0 Å². The van der Waals surface area contributed by atoms with E-state index in [9.17, 15) is 0 Å². The van der Waals surface area contributed by atoms with E-state index in [-0.39, 0.29) is 0 Å². The van der Waals surface area contributed by atoms with E-state index in [4.69, 9.17) is 43.2 Å². The lowest BCUT2D eigenvalue weighted by Crippen LogP contribution is -2.00. The number of fused-ring (bicyclic) bond motifs is 24. The van der Waals surface area contributed by atoms with Crippen LogP contribution in [0.5, 0.6) is 0 Å². The van der Waals surface area contributed by atoms with Gasteiger partial charge in [0.2, 0.25) is 0 Å². The van der Waals surface area contributed by atoms with E-state index in [1.54, 1.807) is 11.3 Å². The van der Waals surface area contributed by atoms with Gasteiger partial charge in [0.15, 0.2) is 34.9 Å². The lowest BCUT2D eigenvalue weighted by Gasteiger charge is -2.16. The summed E-state index contributed by atoms with van der Waals surface area (Å²) in [5.41, 5.74) is 24.5. The van der Waals surface area contributed by atoms with Crippen molar-refractivity contribution >= 4 is 184 Å². The zero-order chi connectivity index (χ0) is 88.9. The number of thiophene rings is 1. The Morgan fingerprint density at radius 2 is 0.581 bits per heavy atom. The molecular weight excluding hydrogens is 1680 g/mol. The Morgan fingerprint density at radius 1 is 0.184 bits per heavy atom. The van der Waals surface area contributed by atoms with Crippen LogP contribution in [0.3, 0.4) is 0 Å². The molecule has 11 nitrogen and oxygen atoms in total. The molecule has 0 atom stereocenters. The van der Waals surface area contributed by atoms with Crippen LogP contribution < -0.4 is 0 Å². The van der Waals surface area contributed by atoms with Gasteiger partial charge in [0.05, 0.1) is 33.4 Å². The normalized spacial score (nSPS) is 12.1. The topological polar surface area (TPSA) is 127 Å². The molecule has 0 amide bonds. The van der Waals surface area contributed by atoms with Gasteiger partial charge in [-0.3, -0.25) is 0 Å². The quantitative estimate of drug-likeness (QED) is 0.117. The predicted molar refractivity (Wildman–Crippen MR) is 561 cm³/mol. The molecule has 12 heteroatoms. The lowest BCUT2D eigenvalue weighted by molar-refractivity contribution is 0.668. The molecule has 0 N–H and O–H groups in total. The second kappa shape index (κ2) is 29.7. The van der Waals surface area contributed by atoms with Crippen molar-refractivity contribution in [3.05, 3.63) is 425 Å². The van der Waals surface area contributed by atoms with E-state index in [0.29, 0.717) is 40.5 Å². The molecule has 8 heterocycles. The fraction of sp³-hybridized carbons (Fsp3) is 0. The maximum atomic E-state index is 7.21. The minimum atomic E-state index is 0.513. The molecular formula is C124H70N8O3S. The molecule has 0 spiro atoms. The summed E-state index contributed by atoms with van der Waals surface area (Å²) in [6, 6.07) is 152. The van der Waals surface area contributed by atoms with Crippen LogP contribution in [0.25, 0.3) is 297 Å². The van der Waals surface area contributed by atoms with Crippen molar-refractivity contribution in [2.75, 3.05) is 0 Å². The highest BCUT2D eigenvalue weighted by Gasteiger charge is 2.29. The van der Waals surface area contributed by atoms with Crippen molar-refractivity contribution in [2.24, 2.45) is 0 Å². The van der Waals surface area contributed by atoms with Crippen molar-refractivity contribution < 1.29 is 13.3 Å². The van der Waals surface area contributed by atoms with Gasteiger partial charge in [-0.25, -0.2) is 29.9 Å². The first-order chi connectivity index (χ1) is 67.3. The van der Waals surface area contributed by atoms with Gasteiger partial charge in [-0.05, 0) is 163 Å². The zero-order valence-corrected chi connectivity index (χ0v) is 73.4. The number of nitrogens with zero attached hydrogens (tertiary/aromatic N) is 8. The molecule has 0 aliphatic carbocycles. The molecule has 29 rings (SSSR count). The number of hydrogen-bond acceptors (Lipinski definition) is 10. The number of furan rings is 3. The lowest BCUT2D eigenvalue weighted by atomic mass is 9.97. The van der Waals surface area contributed by atoms with Crippen molar-refractivity contribution in [3.63, 3.8) is 0 Å². The molecule has 630 valence electrons. The smallest absolute Gasteiger partial charge is 0.165 e. The van der Waals surface area contributed by atoms with E-state index in [1.807, 2.05) is 36.4 Å². The highest BCUT2D eigenvalue weighted by atomic mass is 32.1. The summed E-state index contributed by atoms with van der Waals surface area (Å²) in [6.45, 7) is 0. The van der Waals surface area contributed by atoms with Gasteiger partial charge in [-0.1, -0.05) is 315 Å². The number of rotatable bonds is 12. The summed E-state index contributed by atoms with van der Waals surface area (Å²) in [4.78, 5) is 32.6. The minimum absolute atomic E-state index is 0.513. The maximum Gasteiger partial charge on any atom is 0.165 e. The van der Waals surface area contributed by atoms with Gasteiger partial charge in [0.1, 0.15) is 33.5 Å². The molecule has 0 aliphatic rings. The Labute approximate surface area is 779 Å². The fourth-order valence-electron chi connectivity index (χ4n) is 21.4. The molecule has 0 fully saturated rings. The molecule has 0 aliphatic heterocycles. The van der Waals surface area contributed by atoms with E-state index >= 15 is 0 Å². The Kier molecular flexibility index (Phi) is 16.5. The van der Waals surface area contributed by atoms with Crippen LogP contribution >= 0.6 is 11.3 Å². The average molecular weight is 1750 g/mol. The Morgan fingerprint density at radius 3 is 1.18 bits per heavy atom. The first kappa shape index (κ1) is 75.7. The molecule has 8 aromatic heterocycles. The number of aromatic nitrogens is 8. The molecule has 0 radical (unpaired) electrons. The zero-order valence-electron chi connectivity index (χ0n) is 72.6. The second-order valence-electron chi connectivity index (χ2n) is 35.4. The summed E-state index contributed by atoms with van der Waals surface area (Å²) in [5, 5.41) is 21.9. The average Bonchev–Trinajstić information content (AvgIpc) is 1.57. The van der Waals surface area contributed by atoms with E-state index in [2.05, 4.69) is 397 Å². The minimum Gasteiger partial charge on any atom is -0.456 e. The van der Waals surface area contributed by atoms with E-state index < -0.39 is 0 Å². The van der Waals surface area contributed by atoms with Crippen LogP contribution in [-0.4, -0.2) is 39.0 Å². The largest absolute Gasteiger partial charge is 0.456 e. The first-order valence-corrected chi connectivity index (χ1v) is 46.6. The second-order valence-corrected chi connectivity index (χ2v) is 36.5. The van der Waals surface area contributed by atoms with E-state index in [1.165, 1.54) is 53.2 Å². The van der Waals surface area contributed by atoms with E-state index in [0.717, 1.165) is 203 Å². The third-order valence-corrected chi connectivity index (χ3v) is 29.0.